The van der Waals surface area contributed by atoms with Crippen molar-refractivity contribution >= 4 is 70.9 Å². The van der Waals surface area contributed by atoms with E-state index in [0.717, 1.165) is 82.8 Å². The summed E-state index contributed by atoms with van der Waals surface area (Å²) in [6, 6.07) is 61.0. The number of aromatic nitrogens is 7. The molecule has 4 heterocycles. The minimum atomic E-state index is 0.592. The Morgan fingerprint density at radius 2 is 0.821 bits per heavy atom. The molecule has 0 saturated carbocycles. The van der Waals surface area contributed by atoms with Crippen LogP contribution >= 0.6 is 0 Å². The van der Waals surface area contributed by atoms with E-state index in [1.54, 1.807) is 0 Å². The van der Waals surface area contributed by atoms with Crippen LogP contribution < -0.4 is 0 Å². The lowest BCUT2D eigenvalue weighted by Gasteiger charge is -2.13. The molecule has 0 radical (unpaired) electrons. The van der Waals surface area contributed by atoms with Crippen molar-refractivity contribution in [3.05, 3.63) is 176 Å². The molecular formula is C49H29N7. The summed E-state index contributed by atoms with van der Waals surface area (Å²) in [5.74, 6) is 2.59. The Labute approximate surface area is 319 Å². The molecule has 0 aliphatic carbocycles. The number of nitrogens with zero attached hydrogens (tertiary/aromatic N) is 7. The van der Waals surface area contributed by atoms with Crippen molar-refractivity contribution in [1.29, 1.82) is 0 Å². The first kappa shape index (κ1) is 30.7. The van der Waals surface area contributed by atoms with Gasteiger partial charge in [-0.1, -0.05) is 127 Å². The lowest BCUT2D eigenvalue weighted by molar-refractivity contribution is 0.979. The van der Waals surface area contributed by atoms with Crippen molar-refractivity contribution in [2.45, 2.75) is 0 Å². The van der Waals surface area contributed by atoms with Gasteiger partial charge >= 0.3 is 0 Å². The number of para-hydroxylation sites is 4. The lowest BCUT2D eigenvalue weighted by atomic mass is 10.1. The van der Waals surface area contributed by atoms with Crippen LogP contribution in [0, 0.1) is 0 Å². The fourth-order valence-corrected chi connectivity index (χ4v) is 8.22. The minimum absolute atomic E-state index is 0.592. The van der Waals surface area contributed by atoms with Crippen LogP contribution in [0.2, 0.25) is 0 Å². The average Bonchev–Trinajstić information content (AvgIpc) is 3.82. The lowest BCUT2D eigenvalue weighted by Crippen LogP contribution is -2.06. The van der Waals surface area contributed by atoms with Crippen LogP contribution in [0.4, 0.5) is 0 Å². The third-order valence-electron chi connectivity index (χ3n) is 10.9. The molecule has 7 nitrogen and oxygen atoms in total. The third-order valence-corrected chi connectivity index (χ3v) is 10.9. The van der Waals surface area contributed by atoms with Crippen molar-refractivity contribution < 1.29 is 0 Å². The summed E-state index contributed by atoms with van der Waals surface area (Å²) in [4.78, 5) is 26.0. The first-order valence-corrected chi connectivity index (χ1v) is 18.7. The van der Waals surface area contributed by atoms with E-state index < -0.39 is 0 Å². The average molecular weight is 716 g/mol. The minimum Gasteiger partial charge on any atom is -0.279 e. The van der Waals surface area contributed by atoms with Crippen LogP contribution in [0.25, 0.3) is 111 Å². The number of fused-ring (bicyclic) bond motifs is 10. The van der Waals surface area contributed by atoms with Gasteiger partial charge in [0, 0.05) is 32.8 Å². The van der Waals surface area contributed by atoms with E-state index in [1.807, 2.05) is 18.2 Å². The van der Waals surface area contributed by atoms with Gasteiger partial charge in [-0.3, -0.25) is 8.97 Å². The number of hydrogen-bond donors (Lipinski definition) is 0. The van der Waals surface area contributed by atoms with E-state index in [9.17, 15) is 0 Å². The predicted octanol–water partition coefficient (Wildman–Crippen LogP) is 11.6. The molecule has 56 heavy (non-hydrogen) atoms. The molecule has 4 aromatic heterocycles. The summed E-state index contributed by atoms with van der Waals surface area (Å²) in [6.45, 7) is 0. The van der Waals surface area contributed by atoms with E-state index in [-0.39, 0.29) is 0 Å². The zero-order valence-corrected chi connectivity index (χ0v) is 29.9. The highest BCUT2D eigenvalue weighted by Crippen LogP contribution is 2.37. The molecule has 0 N–H and O–H groups in total. The number of benzene rings is 8. The molecule has 0 aliphatic rings. The quantitative estimate of drug-likeness (QED) is 0.181. The number of hydrogen-bond acceptors (Lipinski definition) is 5. The van der Waals surface area contributed by atoms with Crippen molar-refractivity contribution in [1.82, 2.24) is 33.9 Å². The Morgan fingerprint density at radius 3 is 1.50 bits per heavy atom. The van der Waals surface area contributed by atoms with E-state index in [1.165, 1.54) is 10.8 Å². The molecule has 7 heteroatoms. The van der Waals surface area contributed by atoms with Gasteiger partial charge in [-0.2, -0.15) is 0 Å². The molecule has 12 aromatic rings. The number of rotatable bonds is 4. The number of imidazole rings is 1. The summed E-state index contributed by atoms with van der Waals surface area (Å²) in [5, 5.41) is 7.84. The second-order valence-corrected chi connectivity index (χ2v) is 14.2. The van der Waals surface area contributed by atoms with E-state index in [0.29, 0.717) is 17.5 Å². The van der Waals surface area contributed by atoms with Crippen molar-refractivity contribution in [2.24, 2.45) is 0 Å². The topological polar surface area (TPSA) is 73.8 Å². The van der Waals surface area contributed by atoms with E-state index in [2.05, 4.69) is 167 Å². The molecule has 260 valence electrons. The van der Waals surface area contributed by atoms with Gasteiger partial charge in [0.2, 0.25) is 5.95 Å². The van der Waals surface area contributed by atoms with Gasteiger partial charge < -0.3 is 0 Å². The zero-order chi connectivity index (χ0) is 36.7. The molecular weight excluding hydrogens is 687 g/mol. The molecule has 0 atom stereocenters. The summed E-state index contributed by atoms with van der Waals surface area (Å²) in [5.41, 5.74) is 8.43. The molecule has 0 bridgehead atoms. The Morgan fingerprint density at radius 1 is 0.321 bits per heavy atom. The Balaban J connectivity index is 1.13. The van der Waals surface area contributed by atoms with Crippen LogP contribution in [-0.4, -0.2) is 33.9 Å². The van der Waals surface area contributed by atoms with E-state index in [4.69, 9.17) is 24.9 Å². The summed E-state index contributed by atoms with van der Waals surface area (Å²) < 4.78 is 4.45. The van der Waals surface area contributed by atoms with Crippen LogP contribution in [0.15, 0.2) is 176 Å². The normalized spacial score (nSPS) is 11.9. The summed E-state index contributed by atoms with van der Waals surface area (Å²) >= 11 is 0. The van der Waals surface area contributed by atoms with Gasteiger partial charge in [0.15, 0.2) is 17.5 Å². The Kier molecular flexibility index (Phi) is 6.50. The maximum absolute atomic E-state index is 5.37. The molecule has 0 aliphatic heterocycles. The first-order chi connectivity index (χ1) is 27.7. The van der Waals surface area contributed by atoms with Gasteiger partial charge in [0.25, 0.3) is 0 Å². The molecule has 0 amide bonds. The maximum Gasteiger partial charge on any atom is 0.221 e. The standard InChI is InChI=1S/C49H29N7/c1-3-13-32-27-34(23-21-30(32)11-1)45-52-46(35-24-22-31-12-2-4-14-33(31)28-35)54-47(53-45)36-25-26-38-37-15-6-9-19-42(37)55(44(38)29-36)49-51-40-17-7-5-16-39(40)48-50-41-18-8-10-20-43(41)56(48)49/h1-29H. The van der Waals surface area contributed by atoms with Crippen molar-refractivity contribution in [3.63, 3.8) is 0 Å². The van der Waals surface area contributed by atoms with Gasteiger partial charge in [-0.25, -0.2) is 24.9 Å². The smallest absolute Gasteiger partial charge is 0.221 e. The second-order valence-electron chi connectivity index (χ2n) is 14.2. The fourth-order valence-electron chi connectivity index (χ4n) is 8.22. The Hall–Kier alpha value is -7.77. The third kappa shape index (κ3) is 4.68. The van der Waals surface area contributed by atoms with Crippen LogP contribution in [0.5, 0.6) is 0 Å². The zero-order valence-electron chi connectivity index (χ0n) is 29.9. The SMILES string of the molecule is c1ccc2cc(-c3nc(-c4ccc5ccccc5c4)nc(-c4ccc5c6ccccc6n(-c6nc7ccccc7c7nc8ccccc8n67)c5c4)n3)ccc2c1. The molecule has 0 saturated heterocycles. The van der Waals surface area contributed by atoms with Crippen LogP contribution in [-0.2, 0) is 0 Å². The second kappa shape index (κ2) is 11.9. The van der Waals surface area contributed by atoms with Crippen LogP contribution in [0.1, 0.15) is 0 Å². The summed E-state index contributed by atoms with van der Waals surface area (Å²) in [6.07, 6.45) is 0. The largest absolute Gasteiger partial charge is 0.279 e. The van der Waals surface area contributed by atoms with Gasteiger partial charge in [0.1, 0.15) is 5.65 Å². The fraction of sp³-hybridized carbons (Fsp3) is 0. The van der Waals surface area contributed by atoms with Crippen molar-refractivity contribution in [2.75, 3.05) is 0 Å². The highest BCUT2D eigenvalue weighted by atomic mass is 15.2. The maximum atomic E-state index is 5.37. The van der Waals surface area contributed by atoms with Crippen LogP contribution in [0.3, 0.4) is 0 Å². The van der Waals surface area contributed by atoms with E-state index >= 15 is 0 Å². The van der Waals surface area contributed by atoms with Gasteiger partial charge in [0.05, 0.1) is 27.6 Å². The molecule has 12 rings (SSSR count). The van der Waals surface area contributed by atoms with Crippen molar-refractivity contribution in [3.8, 4) is 40.1 Å². The Bertz CT molecular complexity index is 3460. The molecule has 0 unspecified atom stereocenters. The molecule has 0 fully saturated rings. The highest BCUT2D eigenvalue weighted by molar-refractivity contribution is 6.10. The molecule has 8 aromatic carbocycles. The highest BCUT2D eigenvalue weighted by Gasteiger charge is 2.21. The first-order valence-electron chi connectivity index (χ1n) is 18.7. The monoisotopic (exact) mass is 715 g/mol. The van der Waals surface area contributed by atoms with Gasteiger partial charge in [-0.15, -0.1) is 0 Å². The summed E-state index contributed by atoms with van der Waals surface area (Å²) in [7, 11) is 0. The molecule has 0 spiro atoms. The van der Waals surface area contributed by atoms with Gasteiger partial charge in [-0.05, 0) is 70.1 Å². The predicted molar refractivity (Wildman–Crippen MR) is 227 cm³/mol.